The van der Waals surface area contributed by atoms with Gasteiger partial charge in [0.05, 0.1) is 16.6 Å². The molecule has 11 aromatic rings. The van der Waals surface area contributed by atoms with Gasteiger partial charge in [0.25, 0.3) is 0 Å². The molecular formula is C52H32N4O. The van der Waals surface area contributed by atoms with Crippen LogP contribution in [0.25, 0.3) is 111 Å². The second kappa shape index (κ2) is 13.5. The van der Waals surface area contributed by atoms with E-state index in [1.807, 2.05) is 48.5 Å². The molecule has 266 valence electrons. The summed E-state index contributed by atoms with van der Waals surface area (Å²) in [6.45, 7) is 0. The highest BCUT2D eigenvalue weighted by Crippen LogP contribution is 2.42. The van der Waals surface area contributed by atoms with Crippen molar-refractivity contribution in [2.75, 3.05) is 0 Å². The minimum atomic E-state index is 0.617. The average molecular weight is 729 g/mol. The van der Waals surface area contributed by atoms with Gasteiger partial charge in [0.1, 0.15) is 11.2 Å². The molecule has 5 heteroatoms. The summed E-state index contributed by atoms with van der Waals surface area (Å²) in [5.74, 6) is 1.87. The molecule has 0 aliphatic rings. The van der Waals surface area contributed by atoms with Crippen molar-refractivity contribution in [3.8, 4) is 67.7 Å². The molecule has 0 radical (unpaired) electrons. The van der Waals surface area contributed by atoms with Crippen LogP contribution in [0.15, 0.2) is 199 Å². The molecule has 3 heterocycles. The van der Waals surface area contributed by atoms with Crippen molar-refractivity contribution in [3.05, 3.63) is 194 Å². The first-order chi connectivity index (χ1) is 28.2. The Bertz CT molecular complexity index is 3280. The first-order valence-electron chi connectivity index (χ1n) is 19.0. The highest BCUT2D eigenvalue weighted by molar-refractivity contribution is 6.22. The molecule has 11 rings (SSSR count). The van der Waals surface area contributed by atoms with Gasteiger partial charge in [-0.15, -0.1) is 0 Å². The molecule has 0 N–H and O–H groups in total. The second-order valence-corrected chi connectivity index (χ2v) is 14.2. The maximum Gasteiger partial charge on any atom is 0.164 e. The SMILES string of the molecule is c1ccc(-c2cccc(-c3nc(-c4ccccc4)nc(-c4ccc(-c5cccc(-c6nc7c8ccccc8ccc7c7oc8ccccc8c67)c5)cc4)n3)c2)cc1. The number of furan rings is 1. The molecule has 8 aromatic carbocycles. The number of para-hydroxylation sites is 1. The van der Waals surface area contributed by atoms with Gasteiger partial charge < -0.3 is 4.42 Å². The quantitative estimate of drug-likeness (QED) is 0.160. The molecular weight excluding hydrogens is 697 g/mol. The van der Waals surface area contributed by atoms with Crippen LogP contribution in [-0.4, -0.2) is 19.9 Å². The van der Waals surface area contributed by atoms with Crippen molar-refractivity contribution in [2.24, 2.45) is 0 Å². The normalized spacial score (nSPS) is 11.5. The van der Waals surface area contributed by atoms with E-state index in [2.05, 4.69) is 146 Å². The maximum absolute atomic E-state index is 6.59. The van der Waals surface area contributed by atoms with Gasteiger partial charge in [0, 0.05) is 38.4 Å². The lowest BCUT2D eigenvalue weighted by Crippen LogP contribution is -2.00. The predicted molar refractivity (Wildman–Crippen MR) is 233 cm³/mol. The number of benzene rings is 8. The molecule has 0 amide bonds. The van der Waals surface area contributed by atoms with Gasteiger partial charge in [-0.1, -0.05) is 170 Å². The lowest BCUT2D eigenvalue weighted by Gasteiger charge is -2.11. The van der Waals surface area contributed by atoms with E-state index in [0.717, 1.165) is 93.8 Å². The Hall–Kier alpha value is -7.76. The average Bonchev–Trinajstić information content (AvgIpc) is 3.69. The van der Waals surface area contributed by atoms with Gasteiger partial charge in [0.15, 0.2) is 17.5 Å². The van der Waals surface area contributed by atoms with Gasteiger partial charge in [-0.05, 0) is 51.9 Å². The molecule has 0 atom stereocenters. The monoisotopic (exact) mass is 728 g/mol. The summed E-state index contributed by atoms with van der Waals surface area (Å²) < 4.78 is 6.59. The summed E-state index contributed by atoms with van der Waals surface area (Å²) >= 11 is 0. The summed E-state index contributed by atoms with van der Waals surface area (Å²) in [6, 6.07) is 66.8. The second-order valence-electron chi connectivity index (χ2n) is 14.2. The Morgan fingerprint density at radius 2 is 0.825 bits per heavy atom. The molecule has 0 bridgehead atoms. The molecule has 0 aliphatic carbocycles. The smallest absolute Gasteiger partial charge is 0.164 e. The van der Waals surface area contributed by atoms with E-state index in [-0.39, 0.29) is 0 Å². The van der Waals surface area contributed by atoms with Crippen LogP contribution in [0.2, 0.25) is 0 Å². The number of aromatic nitrogens is 4. The molecule has 0 saturated carbocycles. The third kappa shape index (κ3) is 5.81. The van der Waals surface area contributed by atoms with Crippen LogP contribution < -0.4 is 0 Å². The zero-order valence-electron chi connectivity index (χ0n) is 30.7. The Labute approximate surface area is 328 Å². The zero-order chi connectivity index (χ0) is 37.7. The zero-order valence-corrected chi connectivity index (χ0v) is 30.7. The van der Waals surface area contributed by atoms with Gasteiger partial charge in [-0.3, -0.25) is 0 Å². The van der Waals surface area contributed by atoms with E-state index in [1.54, 1.807) is 0 Å². The van der Waals surface area contributed by atoms with Crippen LogP contribution in [0.1, 0.15) is 0 Å². The number of hydrogen-bond acceptors (Lipinski definition) is 5. The highest BCUT2D eigenvalue weighted by atomic mass is 16.3. The summed E-state index contributed by atoms with van der Waals surface area (Å²) in [5.41, 5.74) is 11.7. The molecule has 0 unspecified atom stereocenters. The highest BCUT2D eigenvalue weighted by Gasteiger charge is 2.20. The van der Waals surface area contributed by atoms with Gasteiger partial charge in [0.2, 0.25) is 0 Å². The fourth-order valence-corrected chi connectivity index (χ4v) is 7.88. The van der Waals surface area contributed by atoms with Crippen molar-refractivity contribution >= 4 is 43.6 Å². The minimum Gasteiger partial charge on any atom is -0.455 e. The first-order valence-corrected chi connectivity index (χ1v) is 19.0. The van der Waals surface area contributed by atoms with E-state index in [9.17, 15) is 0 Å². The van der Waals surface area contributed by atoms with Gasteiger partial charge in [-0.25, -0.2) is 19.9 Å². The number of hydrogen-bond donors (Lipinski definition) is 0. The summed E-state index contributed by atoms with van der Waals surface area (Å²) in [7, 11) is 0. The summed E-state index contributed by atoms with van der Waals surface area (Å²) in [4.78, 5) is 20.4. The van der Waals surface area contributed by atoms with Gasteiger partial charge in [-0.2, -0.15) is 0 Å². The van der Waals surface area contributed by atoms with E-state index in [4.69, 9.17) is 24.4 Å². The molecule has 0 saturated heterocycles. The minimum absolute atomic E-state index is 0.617. The van der Waals surface area contributed by atoms with E-state index in [1.165, 1.54) is 0 Å². The van der Waals surface area contributed by atoms with Crippen LogP contribution in [0.3, 0.4) is 0 Å². The topological polar surface area (TPSA) is 64.7 Å². The number of pyridine rings is 1. The van der Waals surface area contributed by atoms with Crippen molar-refractivity contribution in [1.82, 2.24) is 19.9 Å². The summed E-state index contributed by atoms with van der Waals surface area (Å²) in [5, 5.41) is 5.34. The van der Waals surface area contributed by atoms with Crippen molar-refractivity contribution in [1.29, 1.82) is 0 Å². The Morgan fingerprint density at radius 1 is 0.316 bits per heavy atom. The fourth-order valence-electron chi connectivity index (χ4n) is 7.88. The van der Waals surface area contributed by atoms with E-state index < -0.39 is 0 Å². The lowest BCUT2D eigenvalue weighted by molar-refractivity contribution is 0.672. The number of rotatable bonds is 6. The van der Waals surface area contributed by atoms with E-state index in [0.29, 0.717) is 17.5 Å². The van der Waals surface area contributed by atoms with Crippen LogP contribution in [-0.2, 0) is 0 Å². The Morgan fingerprint density at radius 3 is 1.56 bits per heavy atom. The van der Waals surface area contributed by atoms with Crippen LogP contribution in [0.5, 0.6) is 0 Å². The molecule has 0 aliphatic heterocycles. The third-order valence-electron chi connectivity index (χ3n) is 10.7. The standard InChI is InChI=1S/C52H32N4O/c1-3-13-33(14-4-1)39-19-12-21-41(32-39)52-55-50(36-16-5-2-6-17-36)54-51(56-52)37-27-25-34(26-28-37)38-18-11-20-40(31-38)47-46-43-23-9-10-24-45(43)57-49(46)44-30-29-35-15-7-8-22-42(35)48(44)53-47/h1-32H. The van der Waals surface area contributed by atoms with Crippen LogP contribution >= 0.6 is 0 Å². The molecule has 57 heavy (non-hydrogen) atoms. The molecule has 0 spiro atoms. The number of fused-ring (bicyclic) bond motifs is 7. The van der Waals surface area contributed by atoms with Crippen molar-refractivity contribution < 1.29 is 4.42 Å². The maximum atomic E-state index is 6.59. The van der Waals surface area contributed by atoms with Crippen LogP contribution in [0.4, 0.5) is 0 Å². The van der Waals surface area contributed by atoms with E-state index >= 15 is 0 Å². The predicted octanol–water partition coefficient (Wildman–Crippen LogP) is 13.5. The van der Waals surface area contributed by atoms with Crippen molar-refractivity contribution in [2.45, 2.75) is 0 Å². The third-order valence-corrected chi connectivity index (χ3v) is 10.7. The molecule has 3 aromatic heterocycles. The van der Waals surface area contributed by atoms with Gasteiger partial charge >= 0.3 is 0 Å². The first kappa shape index (κ1) is 32.7. The molecule has 5 nitrogen and oxygen atoms in total. The fraction of sp³-hybridized carbons (Fsp3) is 0. The lowest BCUT2D eigenvalue weighted by atomic mass is 9.97. The summed E-state index contributed by atoms with van der Waals surface area (Å²) in [6.07, 6.45) is 0. The van der Waals surface area contributed by atoms with Crippen LogP contribution in [0, 0.1) is 0 Å². The Kier molecular flexibility index (Phi) is 7.74. The number of nitrogens with zero attached hydrogens (tertiary/aromatic N) is 4. The molecule has 0 fully saturated rings. The Balaban J connectivity index is 1.01. The van der Waals surface area contributed by atoms with Crippen molar-refractivity contribution in [3.63, 3.8) is 0 Å². The largest absolute Gasteiger partial charge is 0.455 e.